The zero-order valence-corrected chi connectivity index (χ0v) is 13.0. The van der Waals surface area contributed by atoms with Crippen molar-refractivity contribution >= 4 is 10.9 Å². The molecule has 0 fully saturated rings. The van der Waals surface area contributed by atoms with Crippen molar-refractivity contribution < 1.29 is 4.74 Å². The highest BCUT2D eigenvalue weighted by Gasteiger charge is 2.25. The smallest absolute Gasteiger partial charge is 0.119 e. The third-order valence-electron chi connectivity index (χ3n) is 4.64. The molecule has 3 heteroatoms. The second kappa shape index (κ2) is 5.18. The van der Waals surface area contributed by atoms with Gasteiger partial charge in [0.25, 0.3) is 0 Å². The molecule has 2 aromatic carbocycles. The topological polar surface area (TPSA) is 28.3 Å². The molecule has 0 saturated carbocycles. The Morgan fingerprint density at radius 3 is 2.91 bits per heavy atom. The molecule has 4 rings (SSSR count). The summed E-state index contributed by atoms with van der Waals surface area (Å²) in [5.74, 6) is 1.35. The Labute approximate surface area is 130 Å². The zero-order valence-electron chi connectivity index (χ0n) is 13.0. The van der Waals surface area contributed by atoms with Crippen molar-refractivity contribution in [1.82, 2.24) is 9.88 Å². The summed E-state index contributed by atoms with van der Waals surface area (Å²) < 4.78 is 5.38. The van der Waals surface area contributed by atoms with Gasteiger partial charge in [0.05, 0.1) is 7.11 Å². The molecule has 1 aliphatic rings. The van der Waals surface area contributed by atoms with E-state index in [1.807, 2.05) is 6.20 Å². The molecule has 3 aromatic rings. The van der Waals surface area contributed by atoms with Crippen molar-refractivity contribution in [3.63, 3.8) is 0 Å². The maximum absolute atomic E-state index is 5.38. The molecule has 1 atom stereocenters. The van der Waals surface area contributed by atoms with Crippen molar-refractivity contribution in [2.45, 2.75) is 12.5 Å². The second-order valence-electron chi connectivity index (χ2n) is 6.14. The van der Waals surface area contributed by atoms with E-state index in [0.29, 0.717) is 5.92 Å². The van der Waals surface area contributed by atoms with Gasteiger partial charge in [-0.15, -0.1) is 0 Å². The molecule has 112 valence electrons. The van der Waals surface area contributed by atoms with E-state index < -0.39 is 0 Å². The van der Waals surface area contributed by atoms with Crippen LogP contribution < -0.4 is 4.74 Å². The normalized spacial score (nSPS) is 18.4. The van der Waals surface area contributed by atoms with E-state index in [9.17, 15) is 0 Å². The Kier molecular flexibility index (Phi) is 3.16. The number of H-pyrrole nitrogens is 1. The molecule has 1 aromatic heterocycles. The number of ether oxygens (including phenoxy) is 1. The number of aromatic nitrogens is 1. The Hall–Kier alpha value is -2.26. The molecule has 1 aliphatic heterocycles. The van der Waals surface area contributed by atoms with Gasteiger partial charge in [0.15, 0.2) is 0 Å². The maximum Gasteiger partial charge on any atom is 0.119 e. The van der Waals surface area contributed by atoms with Crippen molar-refractivity contribution in [3.05, 3.63) is 65.4 Å². The summed E-state index contributed by atoms with van der Waals surface area (Å²) in [4.78, 5) is 5.70. The highest BCUT2D eigenvalue weighted by molar-refractivity contribution is 5.80. The first-order valence-corrected chi connectivity index (χ1v) is 7.67. The van der Waals surface area contributed by atoms with Crippen LogP contribution in [-0.2, 0) is 6.54 Å². The van der Waals surface area contributed by atoms with Gasteiger partial charge in [-0.1, -0.05) is 18.2 Å². The fraction of sp³-hybridized carbons (Fsp3) is 0.263. The van der Waals surface area contributed by atoms with E-state index >= 15 is 0 Å². The van der Waals surface area contributed by atoms with Crippen LogP contribution in [0.25, 0.3) is 10.9 Å². The first-order chi connectivity index (χ1) is 10.7. The number of benzene rings is 2. The SMILES string of the molecule is COc1ccc2c(c1)CN(C)CC2c1ccc2cc[nH]c2c1. The average Bonchev–Trinajstić information content (AvgIpc) is 3.00. The second-order valence-corrected chi connectivity index (χ2v) is 6.14. The minimum atomic E-state index is 0.410. The van der Waals surface area contributed by atoms with Gasteiger partial charge in [-0.3, -0.25) is 0 Å². The summed E-state index contributed by atoms with van der Waals surface area (Å²) in [5, 5.41) is 1.27. The molecule has 0 spiro atoms. The molecule has 22 heavy (non-hydrogen) atoms. The lowest BCUT2D eigenvalue weighted by Gasteiger charge is -2.33. The Bertz CT molecular complexity index is 821. The quantitative estimate of drug-likeness (QED) is 0.779. The standard InChI is InChI=1S/C19H20N2O/c1-21-11-15-9-16(22-2)5-6-17(15)18(12-21)14-4-3-13-7-8-20-19(13)10-14/h3-10,18,20H,11-12H2,1-2H3. The van der Waals surface area contributed by atoms with Crippen LogP contribution in [0.5, 0.6) is 5.75 Å². The average molecular weight is 292 g/mol. The first kappa shape index (κ1) is 13.4. The highest BCUT2D eigenvalue weighted by atomic mass is 16.5. The van der Waals surface area contributed by atoms with Crippen LogP contribution >= 0.6 is 0 Å². The van der Waals surface area contributed by atoms with E-state index in [2.05, 4.69) is 59.4 Å². The summed E-state index contributed by atoms with van der Waals surface area (Å²) in [5.41, 5.74) is 5.36. The summed E-state index contributed by atoms with van der Waals surface area (Å²) in [7, 11) is 3.91. The number of hydrogen-bond acceptors (Lipinski definition) is 2. The molecule has 0 bridgehead atoms. The maximum atomic E-state index is 5.38. The van der Waals surface area contributed by atoms with Gasteiger partial charge in [-0.2, -0.15) is 0 Å². The summed E-state index contributed by atoms with van der Waals surface area (Å²) in [6, 6.07) is 15.3. The predicted octanol–water partition coefficient (Wildman–Crippen LogP) is 3.75. The number of nitrogens with zero attached hydrogens (tertiary/aromatic N) is 1. The van der Waals surface area contributed by atoms with Crippen LogP contribution in [0.1, 0.15) is 22.6 Å². The van der Waals surface area contributed by atoms with Crippen LogP contribution in [0, 0.1) is 0 Å². The number of methoxy groups -OCH3 is 1. The monoisotopic (exact) mass is 292 g/mol. The lowest BCUT2D eigenvalue weighted by atomic mass is 9.84. The number of fused-ring (bicyclic) bond motifs is 2. The van der Waals surface area contributed by atoms with Crippen molar-refractivity contribution in [2.24, 2.45) is 0 Å². The number of likely N-dealkylation sites (N-methyl/N-ethyl adjacent to an activating group) is 1. The van der Waals surface area contributed by atoms with Crippen molar-refractivity contribution in [3.8, 4) is 5.75 Å². The molecule has 0 amide bonds. The minimum Gasteiger partial charge on any atom is -0.497 e. The molecule has 0 saturated heterocycles. The third kappa shape index (κ3) is 2.18. The number of hydrogen-bond donors (Lipinski definition) is 1. The predicted molar refractivity (Wildman–Crippen MR) is 89.5 cm³/mol. The van der Waals surface area contributed by atoms with E-state index in [1.54, 1.807) is 7.11 Å². The number of aromatic amines is 1. The molecule has 0 aliphatic carbocycles. The Morgan fingerprint density at radius 2 is 2.05 bits per heavy atom. The van der Waals surface area contributed by atoms with Gasteiger partial charge >= 0.3 is 0 Å². The first-order valence-electron chi connectivity index (χ1n) is 7.67. The van der Waals surface area contributed by atoms with Gasteiger partial charge in [-0.25, -0.2) is 0 Å². The highest BCUT2D eigenvalue weighted by Crippen LogP contribution is 2.35. The fourth-order valence-electron chi connectivity index (χ4n) is 3.52. The summed E-state index contributed by atoms with van der Waals surface area (Å²) >= 11 is 0. The van der Waals surface area contributed by atoms with Crippen LogP contribution in [0.2, 0.25) is 0 Å². The molecule has 1 unspecified atom stereocenters. The molecule has 2 heterocycles. The molecule has 1 N–H and O–H groups in total. The minimum absolute atomic E-state index is 0.410. The van der Waals surface area contributed by atoms with Crippen molar-refractivity contribution in [2.75, 3.05) is 20.7 Å². The van der Waals surface area contributed by atoms with Gasteiger partial charge in [0.1, 0.15) is 5.75 Å². The molecular weight excluding hydrogens is 272 g/mol. The van der Waals surface area contributed by atoms with E-state index in [0.717, 1.165) is 18.8 Å². The fourth-order valence-corrected chi connectivity index (χ4v) is 3.52. The Morgan fingerprint density at radius 1 is 1.14 bits per heavy atom. The summed E-state index contributed by atoms with van der Waals surface area (Å²) in [6.45, 7) is 2.03. The van der Waals surface area contributed by atoms with Gasteiger partial charge in [0, 0.05) is 30.7 Å². The van der Waals surface area contributed by atoms with Gasteiger partial charge in [-0.05, 0) is 53.4 Å². The molecular formula is C19H20N2O. The van der Waals surface area contributed by atoms with Crippen molar-refractivity contribution in [1.29, 1.82) is 0 Å². The number of nitrogens with one attached hydrogen (secondary N) is 1. The molecule has 0 radical (unpaired) electrons. The Balaban J connectivity index is 1.81. The van der Waals surface area contributed by atoms with Crippen LogP contribution in [-0.4, -0.2) is 30.6 Å². The lowest BCUT2D eigenvalue weighted by Crippen LogP contribution is -2.30. The van der Waals surface area contributed by atoms with E-state index in [1.165, 1.54) is 27.6 Å². The largest absolute Gasteiger partial charge is 0.497 e. The van der Waals surface area contributed by atoms with Gasteiger partial charge in [0.2, 0.25) is 0 Å². The zero-order chi connectivity index (χ0) is 15.1. The van der Waals surface area contributed by atoms with Crippen LogP contribution in [0.4, 0.5) is 0 Å². The van der Waals surface area contributed by atoms with Crippen LogP contribution in [0.15, 0.2) is 48.7 Å². The third-order valence-corrected chi connectivity index (χ3v) is 4.64. The van der Waals surface area contributed by atoms with E-state index in [-0.39, 0.29) is 0 Å². The van der Waals surface area contributed by atoms with E-state index in [4.69, 9.17) is 4.74 Å². The number of rotatable bonds is 2. The van der Waals surface area contributed by atoms with Crippen LogP contribution in [0.3, 0.4) is 0 Å². The summed E-state index contributed by atoms with van der Waals surface area (Å²) in [6.07, 6.45) is 2.00. The lowest BCUT2D eigenvalue weighted by molar-refractivity contribution is 0.294. The van der Waals surface area contributed by atoms with Gasteiger partial charge < -0.3 is 14.6 Å². The molecule has 3 nitrogen and oxygen atoms in total.